The summed E-state index contributed by atoms with van der Waals surface area (Å²) in [5.74, 6) is 1.42. The van der Waals surface area contributed by atoms with Crippen LogP contribution in [0.3, 0.4) is 0 Å². The first-order valence-corrected chi connectivity index (χ1v) is 5.52. The maximum atomic E-state index is 8.77. The predicted molar refractivity (Wildman–Crippen MR) is 67.8 cm³/mol. The van der Waals surface area contributed by atoms with Crippen LogP contribution in [0.1, 0.15) is 5.56 Å². The van der Waals surface area contributed by atoms with Gasteiger partial charge in [-0.15, -0.1) is 0 Å². The van der Waals surface area contributed by atoms with Gasteiger partial charge in [0.05, 0.1) is 25.8 Å². The zero-order chi connectivity index (χ0) is 12.8. The summed E-state index contributed by atoms with van der Waals surface area (Å²) in [6, 6.07) is 5.52. The van der Waals surface area contributed by atoms with Gasteiger partial charge in [0, 0.05) is 0 Å². The number of ether oxygens (including phenoxy) is 3. The molecule has 0 fully saturated rings. The molecule has 17 heavy (non-hydrogen) atoms. The minimum Gasteiger partial charge on any atom is -0.493 e. The first-order chi connectivity index (χ1) is 8.15. The van der Waals surface area contributed by atoms with E-state index in [0.29, 0.717) is 11.5 Å². The van der Waals surface area contributed by atoms with Gasteiger partial charge in [0.15, 0.2) is 17.3 Å². The standard InChI is InChI=1S/C12H12BrNO3/c1-15-9(7-14)4-8-5-10(13)12(17-3)11(6-8)16-2/h4-6H,1-3H3/b9-4-. The quantitative estimate of drug-likeness (QED) is 0.633. The summed E-state index contributed by atoms with van der Waals surface area (Å²) >= 11 is 3.37. The van der Waals surface area contributed by atoms with Crippen LogP contribution in [0.4, 0.5) is 0 Å². The third-order valence-corrected chi connectivity index (χ3v) is 2.67. The lowest BCUT2D eigenvalue weighted by Gasteiger charge is -2.10. The fraction of sp³-hybridized carbons (Fsp3) is 0.250. The molecule has 0 N–H and O–H groups in total. The third kappa shape index (κ3) is 3.14. The molecule has 0 atom stereocenters. The lowest BCUT2D eigenvalue weighted by atomic mass is 10.2. The van der Waals surface area contributed by atoms with Crippen LogP contribution in [0.2, 0.25) is 0 Å². The van der Waals surface area contributed by atoms with E-state index in [0.717, 1.165) is 10.0 Å². The monoisotopic (exact) mass is 297 g/mol. The fourth-order valence-electron chi connectivity index (χ4n) is 1.31. The van der Waals surface area contributed by atoms with Crippen molar-refractivity contribution in [3.8, 4) is 17.6 Å². The highest BCUT2D eigenvalue weighted by atomic mass is 79.9. The summed E-state index contributed by atoms with van der Waals surface area (Å²) in [6.07, 6.45) is 1.62. The van der Waals surface area contributed by atoms with Crippen molar-refractivity contribution in [2.24, 2.45) is 0 Å². The largest absolute Gasteiger partial charge is 0.493 e. The second kappa shape index (κ2) is 6.16. The van der Waals surface area contributed by atoms with Crippen molar-refractivity contribution >= 4 is 22.0 Å². The van der Waals surface area contributed by atoms with E-state index in [1.165, 1.54) is 7.11 Å². The Morgan fingerprint density at radius 2 is 2.00 bits per heavy atom. The SMILES string of the molecule is CO/C(C#N)=C\c1cc(Br)c(OC)c(OC)c1. The highest BCUT2D eigenvalue weighted by Crippen LogP contribution is 2.36. The highest BCUT2D eigenvalue weighted by molar-refractivity contribution is 9.10. The van der Waals surface area contributed by atoms with Crippen LogP contribution in [0, 0.1) is 11.3 Å². The van der Waals surface area contributed by atoms with Crippen LogP contribution in [0.25, 0.3) is 6.08 Å². The molecule has 0 aliphatic heterocycles. The Balaban J connectivity index is 3.26. The van der Waals surface area contributed by atoms with Gasteiger partial charge < -0.3 is 14.2 Å². The smallest absolute Gasteiger partial charge is 0.197 e. The molecule has 0 saturated carbocycles. The maximum absolute atomic E-state index is 8.77. The number of nitrogens with zero attached hydrogens (tertiary/aromatic N) is 1. The Bertz CT molecular complexity index is 477. The third-order valence-electron chi connectivity index (χ3n) is 2.08. The highest BCUT2D eigenvalue weighted by Gasteiger charge is 2.10. The number of nitriles is 1. The Morgan fingerprint density at radius 3 is 2.47 bits per heavy atom. The summed E-state index contributed by atoms with van der Waals surface area (Å²) in [5.41, 5.74) is 0.785. The van der Waals surface area contributed by atoms with Gasteiger partial charge in [-0.1, -0.05) is 0 Å². The second-order valence-electron chi connectivity index (χ2n) is 3.06. The molecule has 1 aromatic rings. The predicted octanol–water partition coefficient (Wildman–Crippen LogP) is 2.98. The Kier molecular flexibility index (Phi) is 4.85. The summed E-state index contributed by atoms with van der Waals surface area (Å²) in [5, 5.41) is 8.77. The van der Waals surface area contributed by atoms with Gasteiger partial charge in [0.2, 0.25) is 0 Å². The van der Waals surface area contributed by atoms with E-state index in [9.17, 15) is 0 Å². The number of allylic oxidation sites excluding steroid dienone is 1. The first-order valence-electron chi connectivity index (χ1n) is 4.73. The van der Waals surface area contributed by atoms with E-state index in [2.05, 4.69) is 15.9 Å². The molecule has 0 aliphatic rings. The summed E-state index contributed by atoms with van der Waals surface area (Å²) in [7, 11) is 4.57. The van der Waals surface area contributed by atoms with Crippen molar-refractivity contribution < 1.29 is 14.2 Å². The molecule has 0 spiro atoms. The van der Waals surface area contributed by atoms with Gasteiger partial charge in [-0.3, -0.25) is 0 Å². The number of rotatable bonds is 4. The second-order valence-corrected chi connectivity index (χ2v) is 3.92. The molecular weight excluding hydrogens is 286 g/mol. The van der Waals surface area contributed by atoms with Crippen LogP contribution < -0.4 is 9.47 Å². The van der Waals surface area contributed by atoms with E-state index in [-0.39, 0.29) is 5.76 Å². The zero-order valence-corrected chi connectivity index (χ0v) is 11.4. The molecule has 4 nitrogen and oxygen atoms in total. The Morgan fingerprint density at radius 1 is 1.29 bits per heavy atom. The zero-order valence-electron chi connectivity index (χ0n) is 9.78. The van der Waals surface area contributed by atoms with Crippen LogP contribution >= 0.6 is 15.9 Å². The number of hydrogen-bond acceptors (Lipinski definition) is 4. The molecule has 1 rings (SSSR count). The van der Waals surface area contributed by atoms with Gasteiger partial charge in [-0.05, 0) is 39.7 Å². The van der Waals surface area contributed by atoms with Crippen LogP contribution in [0.15, 0.2) is 22.4 Å². The van der Waals surface area contributed by atoms with Crippen molar-refractivity contribution in [3.63, 3.8) is 0 Å². The van der Waals surface area contributed by atoms with Gasteiger partial charge in [0.25, 0.3) is 0 Å². The molecule has 0 saturated heterocycles. The average molecular weight is 298 g/mol. The normalized spacial score (nSPS) is 10.6. The maximum Gasteiger partial charge on any atom is 0.197 e. The van der Waals surface area contributed by atoms with Gasteiger partial charge in [-0.2, -0.15) is 5.26 Å². The minimum absolute atomic E-state index is 0.226. The molecule has 0 amide bonds. The summed E-state index contributed by atoms with van der Waals surface area (Å²) < 4.78 is 16.0. The van der Waals surface area contributed by atoms with E-state index in [1.807, 2.05) is 12.1 Å². The van der Waals surface area contributed by atoms with Crippen LogP contribution in [-0.4, -0.2) is 21.3 Å². The number of halogens is 1. The van der Waals surface area contributed by atoms with Crippen molar-refractivity contribution in [2.45, 2.75) is 0 Å². The number of benzene rings is 1. The van der Waals surface area contributed by atoms with Crippen molar-refractivity contribution in [2.75, 3.05) is 21.3 Å². The van der Waals surface area contributed by atoms with E-state index < -0.39 is 0 Å². The van der Waals surface area contributed by atoms with Gasteiger partial charge in [0.1, 0.15) is 6.07 Å². The topological polar surface area (TPSA) is 51.5 Å². The van der Waals surface area contributed by atoms with Crippen LogP contribution in [0.5, 0.6) is 11.5 Å². The van der Waals surface area contributed by atoms with Gasteiger partial charge in [-0.25, -0.2) is 0 Å². The summed E-state index contributed by atoms with van der Waals surface area (Å²) in [6.45, 7) is 0. The fourth-order valence-corrected chi connectivity index (χ4v) is 1.93. The van der Waals surface area contributed by atoms with E-state index in [1.54, 1.807) is 26.4 Å². The van der Waals surface area contributed by atoms with E-state index >= 15 is 0 Å². The Labute approximate surface area is 109 Å². The van der Waals surface area contributed by atoms with Crippen LogP contribution in [-0.2, 0) is 4.74 Å². The Hall–Kier alpha value is -1.67. The lowest BCUT2D eigenvalue weighted by molar-refractivity contribution is 0.313. The molecular formula is C12H12BrNO3. The van der Waals surface area contributed by atoms with Crippen molar-refractivity contribution in [1.82, 2.24) is 0 Å². The van der Waals surface area contributed by atoms with E-state index in [4.69, 9.17) is 19.5 Å². The molecule has 1 aromatic carbocycles. The number of methoxy groups -OCH3 is 3. The molecule has 90 valence electrons. The van der Waals surface area contributed by atoms with Crippen molar-refractivity contribution in [1.29, 1.82) is 5.26 Å². The average Bonchev–Trinajstić information content (AvgIpc) is 2.35. The molecule has 0 radical (unpaired) electrons. The van der Waals surface area contributed by atoms with Crippen molar-refractivity contribution in [3.05, 3.63) is 27.9 Å². The minimum atomic E-state index is 0.226. The summed E-state index contributed by atoms with van der Waals surface area (Å²) in [4.78, 5) is 0. The molecule has 0 heterocycles. The molecule has 0 unspecified atom stereocenters. The van der Waals surface area contributed by atoms with Gasteiger partial charge >= 0.3 is 0 Å². The first kappa shape index (κ1) is 13.4. The lowest BCUT2D eigenvalue weighted by Crippen LogP contribution is -1.92. The number of hydrogen-bond donors (Lipinski definition) is 0. The molecule has 5 heteroatoms. The molecule has 0 aliphatic carbocycles. The molecule has 0 bridgehead atoms. The molecule has 0 aromatic heterocycles.